The largest absolute Gasteiger partial charge is 0.467 e. The molecule has 4 nitrogen and oxygen atoms in total. The second-order valence-corrected chi connectivity index (χ2v) is 5.46. The number of carbonyl (C=O) groups excluding carboxylic acids is 2. The van der Waals surface area contributed by atoms with Gasteiger partial charge in [0.25, 0.3) is 0 Å². The fourth-order valence-electron chi connectivity index (χ4n) is 1.51. The summed E-state index contributed by atoms with van der Waals surface area (Å²) in [5.41, 5.74) is 0. The highest BCUT2D eigenvalue weighted by Gasteiger charge is 2.24. The zero-order valence-corrected chi connectivity index (χ0v) is 12.2. The van der Waals surface area contributed by atoms with Gasteiger partial charge in [-0.3, -0.25) is 4.79 Å². The van der Waals surface area contributed by atoms with Gasteiger partial charge in [-0.15, -0.1) is 11.8 Å². The molecule has 104 valence electrons. The Bertz CT molecular complexity index is 420. The monoisotopic (exact) mass is 281 g/mol. The van der Waals surface area contributed by atoms with Crippen LogP contribution in [0.15, 0.2) is 35.2 Å². The van der Waals surface area contributed by atoms with Gasteiger partial charge in [-0.05, 0) is 18.1 Å². The molecule has 0 radical (unpaired) electrons. The van der Waals surface area contributed by atoms with Crippen LogP contribution in [0.3, 0.4) is 0 Å². The lowest BCUT2D eigenvalue weighted by Crippen LogP contribution is -2.45. The van der Waals surface area contributed by atoms with Gasteiger partial charge in [-0.1, -0.05) is 32.0 Å². The first kappa shape index (κ1) is 15.6. The van der Waals surface area contributed by atoms with Crippen molar-refractivity contribution in [2.45, 2.75) is 24.8 Å². The zero-order valence-electron chi connectivity index (χ0n) is 11.4. The number of esters is 1. The number of ether oxygens (including phenoxy) is 1. The molecule has 1 rings (SSSR count). The lowest BCUT2D eigenvalue weighted by atomic mass is 10.1. The summed E-state index contributed by atoms with van der Waals surface area (Å²) in [5.74, 6) is -0.298. The smallest absolute Gasteiger partial charge is 0.328 e. The lowest BCUT2D eigenvalue weighted by Gasteiger charge is -2.19. The van der Waals surface area contributed by atoms with Crippen molar-refractivity contribution in [1.29, 1.82) is 0 Å². The Morgan fingerprint density at radius 3 is 2.42 bits per heavy atom. The Hall–Kier alpha value is -1.49. The molecule has 0 saturated heterocycles. The third-order valence-electron chi connectivity index (χ3n) is 2.55. The van der Waals surface area contributed by atoms with Gasteiger partial charge in [0.2, 0.25) is 5.91 Å². The number of amides is 1. The zero-order chi connectivity index (χ0) is 14.3. The van der Waals surface area contributed by atoms with Crippen LogP contribution in [0.1, 0.15) is 13.8 Å². The minimum absolute atomic E-state index is 0.00174. The molecule has 0 aliphatic carbocycles. The van der Waals surface area contributed by atoms with E-state index in [1.807, 2.05) is 44.2 Å². The molecule has 0 unspecified atom stereocenters. The lowest BCUT2D eigenvalue weighted by molar-refractivity contribution is -0.146. The van der Waals surface area contributed by atoms with E-state index in [4.69, 9.17) is 0 Å². The second-order valence-electron chi connectivity index (χ2n) is 4.41. The van der Waals surface area contributed by atoms with Gasteiger partial charge < -0.3 is 10.1 Å². The third-order valence-corrected chi connectivity index (χ3v) is 3.56. The molecule has 5 heteroatoms. The van der Waals surface area contributed by atoms with Crippen LogP contribution in [0.25, 0.3) is 0 Å². The van der Waals surface area contributed by atoms with Crippen molar-refractivity contribution in [2.75, 3.05) is 12.9 Å². The van der Waals surface area contributed by atoms with Crippen LogP contribution in [-0.2, 0) is 14.3 Å². The normalized spacial score (nSPS) is 12.0. The van der Waals surface area contributed by atoms with E-state index < -0.39 is 12.0 Å². The predicted octanol–water partition coefficient (Wildman–Crippen LogP) is 2.09. The van der Waals surface area contributed by atoms with Crippen LogP contribution >= 0.6 is 11.8 Å². The van der Waals surface area contributed by atoms with E-state index in [0.717, 1.165) is 4.90 Å². The summed E-state index contributed by atoms with van der Waals surface area (Å²) in [6.45, 7) is 3.73. The van der Waals surface area contributed by atoms with E-state index in [1.54, 1.807) is 0 Å². The summed E-state index contributed by atoms with van der Waals surface area (Å²) in [5, 5.41) is 2.70. The maximum atomic E-state index is 11.8. The van der Waals surface area contributed by atoms with E-state index in [2.05, 4.69) is 10.1 Å². The number of nitrogens with one attached hydrogen (secondary N) is 1. The van der Waals surface area contributed by atoms with Crippen LogP contribution in [0.2, 0.25) is 0 Å². The predicted molar refractivity (Wildman–Crippen MR) is 76.0 cm³/mol. The summed E-state index contributed by atoms with van der Waals surface area (Å²) in [6.07, 6.45) is 0. The molecule has 0 aliphatic rings. The molecule has 1 aromatic rings. The van der Waals surface area contributed by atoms with Crippen molar-refractivity contribution in [3.8, 4) is 0 Å². The first-order valence-electron chi connectivity index (χ1n) is 6.09. The van der Waals surface area contributed by atoms with Crippen LogP contribution in [-0.4, -0.2) is 30.8 Å². The van der Waals surface area contributed by atoms with Crippen molar-refractivity contribution in [3.63, 3.8) is 0 Å². The van der Waals surface area contributed by atoms with E-state index in [-0.39, 0.29) is 17.6 Å². The molecule has 0 saturated carbocycles. The number of rotatable bonds is 6. The van der Waals surface area contributed by atoms with E-state index in [0.29, 0.717) is 0 Å². The Morgan fingerprint density at radius 1 is 1.26 bits per heavy atom. The molecule has 1 N–H and O–H groups in total. The maximum Gasteiger partial charge on any atom is 0.328 e. The molecular formula is C14H19NO3S. The Balaban J connectivity index is 2.47. The van der Waals surface area contributed by atoms with Gasteiger partial charge in [0.1, 0.15) is 6.04 Å². The molecule has 0 heterocycles. The number of hydrogen-bond donors (Lipinski definition) is 1. The average molecular weight is 281 g/mol. The summed E-state index contributed by atoms with van der Waals surface area (Å²) < 4.78 is 4.68. The molecule has 1 amide bonds. The third kappa shape index (κ3) is 5.34. The van der Waals surface area contributed by atoms with E-state index >= 15 is 0 Å². The average Bonchev–Trinajstić information content (AvgIpc) is 2.42. The van der Waals surface area contributed by atoms with Crippen LogP contribution in [0.5, 0.6) is 0 Å². The first-order valence-corrected chi connectivity index (χ1v) is 7.08. The van der Waals surface area contributed by atoms with Crippen molar-refractivity contribution in [2.24, 2.45) is 5.92 Å². The van der Waals surface area contributed by atoms with Gasteiger partial charge in [0.05, 0.1) is 12.9 Å². The van der Waals surface area contributed by atoms with Crippen molar-refractivity contribution >= 4 is 23.6 Å². The van der Waals surface area contributed by atoms with Crippen molar-refractivity contribution < 1.29 is 14.3 Å². The summed E-state index contributed by atoms with van der Waals surface area (Å²) >= 11 is 1.44. The highest BCUT2D eigenvalue weighted by Crippen LogP contribution is 2.16. The molecule has 0 aliphatic heterocycles. The summed E-state index contributed by atoms with van der Waals surface area (Å²) in [7, 11) is 1.32. The molecule has 0 fully saturated rings. The SMILES string of the molecule is COC(=O)[C@@H](NC(=O)CSc1ccccc1)C(C)C. The highest BCUT2D eigenvalue weighted by molar-refractivity contribution is 8.00. The molecule has 1 atom stereocenters. The van der Waals surface area contributed by atoms with E-state index in [1.165, 1.54) is 18.9 Å². The first-order chi connectivity index (χ1) is 9.04. The van der Waals surface area contributed by atoms with Crippen LogP contribution in [0, 0.1) is 5.92 Å². The fourth-order valence-corrected chi connectivity index (χ4v) is 2.24. The van der Waals surface area contributed by atoms with Crippen molar-refractivity contribution in [1.82, 2.24) is 5.32 Å². The topological polar surface area (TPSA) is 55.4 Å². The molecule has 0 bridgehead atoms. The minimum atomic E-state index is -0.589. The summed E-state index contributed by atoms with van der Waals surface area (Å²) in [4.78, 5) is 24.4. The Labute approximate surface area is 117 Å². The van der Waals surface area contributed by atoms with Gasteiger partial charge in [-0.25, -0.2) is 4.79 Å². The molecule has 19 heavy (non-hydrogen) atoms. The quantitative estimate of drug-likeness (QED) is 0.641. The summed E-state index contributed by atoms with van der Waals surface area (Å²) in [6, 6.07) is 9.07. The highest BCUT2D eigenvalue weighted by atomic mass is 32.2. The number of hydrogen-bond acceptors (Lipinski definition) is 4. The second kappa shape index (κ2) is 7.84. The number of carbonyl (C=O) groups is 2. The van der Waals surface area contributed by atoms with Gasteiger partial charge >= 0.3 is 5.97 Å². The number of methoxy groups -OCH3 is 1. The number of benzene rings is 1. The van der Waals surface area contributed by atoms with Gasteiger partial charge in [0.15, 0.2) is 0 Å². The standard InChI is InChI=1S/C14H19NO3S/c1-10(2)13(14(17)18-3)15-12(16)9-19-11-7-5-4-6-8-11/h4-8,10,13H,9H2,1-3H3,(H,15,16)/t13-/m0/s1. The van der Waals surface area contributed by atoms with Crippen molar-refractivity contribution in [3.05, 3.63) is 30.3 Å². The molecule has 0 aromatic heterocycles. The minimum Gasteiger partial charge on any atom is -0.467 e. The molecule has 0 spiro atoms. The van der Waals surface area contributed by atoms with Crippen LogP contribution < -0.4 is 5.32 Å². The number of thioether (sulfide) groups is 1. The Morgan fingerprint density at radius 2 is 1.89 bits per heavy atom. The Kier molecular flexibility index (Phi) is 6.42. The maximum absolute atomic E-state index is 11.8. The molecular weight excluding hydrogens is 262 g/mol. The van der Waals surface area contributed by atoms with Gasteiger partial charge in [0, 0.05) is 4.90 Å². The van der Waals surface area contributed by atoms with E-state index in [9.17, 15) is 9.59 Å². The molecule has 1 aromatic carbocycles. The van der Waals surface area contributed by atoms with Crippen LogP contribution in [0.4, 0.5) is 0 Å². The fraction of sp³-hybridized carbons (Fsp3) is 0.429. The van der Waals surface area contributed by atoms with Gasteiger partial charge in [-0.2, -0.15) is 0 Å².